The average Bonchev–Trinajstić information content (AvgIpc) is 2.13. The van der Waals surface area contributed by atoms with Crippen LogP contribution in [0.4, 0.5) is 0 Å². The molecule has 1 aliphatic heterocycles. The Hall–Kier alpha value is 0.0300. The second-order valence-corrected chi connectivity index (χ2v) is 3.21. The highest BCUT2D eigenvalue weighted by atomic mass is 35.5. The van der Waals surface area contributed by atoms with Gasteiger partial charge in [-0.2, -0.15) is 4.21 Å². The van der Waals surface area contributed by atoms with Gasteiger partial charge in [0, 0.05) is 0 Å². The highest BCUT2D eigenvalue weighted by molar-refractivity contribution is 7.75. The standard InChI is InChI=1S/C4H5ClO4S/c1-4(3(5)6)2-8-10(7)9-4/h2H2,1H3. The minimum Gasteiger partial charge on any atom is -0.278 e. The van der Waals surface area contributed by atoms with Gasteiger partial charge >= 0.3 is 11.4 Å². The van der Waals surface area contributed by atoms with Gasteiger partial charge in [0.05, 0.1) is 0 Å². The first-order chi connectivity index (χ1) is 4.54. The van der Waals surface area contributed by atoms with Crippen LogP contribution in [0.5, 0.6) is 0 Å². The van der Waals surface area contributed by atoms with Crippen molar-refractivity contribution < 1.29 is 17.4 Å². The predicted octanol–water partition coefficient (Wildman–Crippen LogP) is 0.136. The Morgan fingerprint density at radius 1 is 1.80 bits per heavy atom. The van der Waals surface area contributed by atoms with Crippen molar-refractivity contribution in [3.8, 4) is 0 Å². The van der Waals surface area contributed by atoms with Gasteiger partial charge in [-0.25, -0.2) is 0 Å². The van der Waals surface area contributed by atoms with Gasteiger partial charge in [-0.3, -0.25) is 13.2 Å². The van der Waals surface area contributed by atoms with Gasteiger partial charge < -0.3 is 0 Å². The molecule has 1 fully saturated rings. The molecule has 1 heterocycles. The molecule has 0 aromatic rings. The van der Waals surface area contributed by atoms with E-state index in [1.807, 2.05) is 0 Å². The zero-order valence-corrected chi connectivity index (χ0v) is 6.70. The lowest BCUT2D eigenvalue weighted by molar-refractivity contribution is -0.123. The molecular formula is C4H5ClO4S. The molecule has 0 saturated carbocycles. The summed E-state index contributed by atoms with van der Waals surface area (Å²) >= 11 is 3.29. The van der Waals surface area contributed by atoms with Crippen molar-refractivity contribution >= 4 is 28.2 Å². The lowest BCUT2D eigenvalue weighted by atomic mass is 10.1. The lowest BCUT2D eigenvalue weighted by Crippen LogP contribution is -2.34. The van der Waals surface area contributed by atoms with Gasteiger partial charge in [-0.1, -0.05) is 0 Å². The molecule has 0 aromatic heterocycles. The summed E-state index contributed by atoms with van der Waals surface area (Å²) in [5.41, 5.74) is -1.23. The molecule has 0 N–H and O–H groups in total. The van der Waals surface area contributed by atoms with E-state index in [9.17, 15) is 9.00 Å². The van der Waals surface area contributed by atoms with Crippen molar-refractivity contribution in [3.63, 3.8) is 0 Å². The third-order valence-electron chi connectivity index (χ3n) is 1.10. The number of halogens is 1. The minimum absolute atomic E-state index is 0.0536. The summed E-state index contributed by atoms with van der Waals surface area (Å²) < 4.78 is 19.5. The largest absolute Gasteiger partial charge is 0.305 e. The molecular weight excluding hydrogens is 180 g/mol. The molecule has 0 radical (unpaired) electrons. The van der Waals surface area contributed by atoms with Crippen LogP contribution >= 0.6 is 11.6 Å². The van der Waals surface area contributed by atoms with E-state index in [1.165, 1.54) is 6.92 Å². The summed E-state index contributed by atoms with van der Waals surface area (Å²) in [4.78, 5) is 10.5. The van der Waals surface area contributed by atoms with Crippen LogP contribution in [0.25, 0.3) is 0 Å². The normalized spacial score (nSPS) is 40.0. The highest BCUT2D eigenvalue weighted by Crippen LogP contribution is 2.23. The van der Waals surface area contributed by atoms with E-state index in [0.29, 0.717) is 0 Å². The monoisotopic (exact) mass is 184 g/mol. The molecule has 0 bridgehead atoms. The third kappa shape index (κ3) is 1.37. The van der Waals surface area contributed by atoms with Gasteiger partial charge in [0.25, 0.3) is 5.24 Å². The zero-order valence-electron chi connectivity index (χ0n) is 5.13. The fraction of sp³-hybridized carbons (Fsp3) is 0.750. The first kappa shape index (κ1) is 8.13. The fourth-order valence-electron chi connectivity index (χ4n) is 0.448. The topological polar surface area (TPSA) is 52.6 Å². The summed E-state index contributed by atoms with van der Waals surface area (Å²) in [5.74, 6) is 0. The van der Waals surface area contributed by atoms with Gasteiger partial charge in [0.1, 0.15) is 6.61 Å². The van der Waals surface area contributed by atoms with Crippen LogP contribution in [0.1, 0.15) is 6.92 Å². The van der Waals surface area contributed by atoms with E-state index < -0.39 is 22.2 Å². The molecule has 2 atom stereocenters. The van der Waals surface area contributed by atoms with E-state index in [1.54, 1.807) is 0 Å². The first-order valence-corrected chi connectivity index (χ1v) is 3.87. The van der Waals surface area contributed by atoms with Crippen LogP contribution in [0, 0.1) is 0 Å². The second kappa shape index (κ2) is 2.58. The van der Waals surface area contributed by atoms with Crippen molar-refractivity contribution in [2.45, 2.75) is 12.5 Å². The molecule has 1 saturated heterocycles. The summed E-state index contributed by atoms with van der Waals surface area (Å²) in [5, 5.41) is -0.696. The van der Waals surface area contributed by atoms with E-state index in [0.717, 1.165) is 0 Å². The number of rotatable bonds is 1. The molecule has 0 spiro atoms. The van der Waals surface area contributed by atoms with E-state index in [4.69, 9.17) is 11.6 Å². The highest BCUT2D eigenvalue weighted by Gasteiger charge is 2.42. The van der Waals surface area contributed by atoms with Crippen molar-refractivity contribution in [1.82, 2.24) is 0 Å². The number of carbonyl (C=O) groups is 1. The molecule has 2 unspecified atom stereocenters. The van der Waals surface area contributed by atoms with E-state index in [-0.39, 0.29) is 6.61 Å². The number of carbonyl (C=O) groups excluding carboxylic acids is 1. The Balaban J connectivity index is 2.72. The molecule has 1 rings (SSSR count). The molecule has 1 aliphatic rings. The van der Waals surface area contributed by atoms with E-state index in [2.05, 4.69) is 8.37 Å². The Morgan fingerprint density at radius 2 is 2.40 bits per heavy atom. The Bertz CT molecular complexity index is 194. The summed E-state index contributed by atoms with van der Waals surface area (Å²) in [6.07, 6.45) is 0. The molecule has 4 nitrogen and oxygen atoms in total. The number of hydrogen-bond acceptors (Lipinski definition) is 4. The summed E-state index contributed by atoms with van der Waals surface area (Å²) in [7, 11) is 0. The van der Waals surface area contributed by atoms with Crippen LogP contribution in [-0.4, -0.2) is 21.7 Å². The quantitative estimate of drug-likeness (QED) is 0.544. The number of hydrogen-bond donors (Lipinski definition) is 0. The maximum Gasteiger partial charge on any atom is 0.305 e. The lowest BCUT2D eigenvalue weighted by Gasteiger charge is -2.11. The van der Waals surface area contributed by atoms with Crippen LogP contribution in [0.3, 0.4) is 0 Å². The van der Waals surface area contributed by atoms with Crippen molar-refractivity contribution in [1.29, 1.82) is 0 Å². The van der Waals surface area contributed by atoms with Crippen LogP contribution in [0.15, 0.2) is 0 Å². The molecule has 10 heavy (non-hydrogen) atoms. The smallest absolute Gasteiger partial charge is 0.278 e. The first-order valence-electron chi connectivity index (χ1n) is 2.49. The third-order valence-corrected chi connectivity index (χ3v) is 2.31. The second-order valence-electron chi connectivity index (χ2n) is 2.05. The molecule has 0 aromatic carbocycles. The molecule has 6 heteroatoms. The Morgan fingerprint density at radius 3 is 2.60 bits per heavy atom. The summed E-state index contributed by atoms with van der Waals surface area (Å²) in [6.45, 7) is 1.37. The predicted molar refractivity (Wildman–Crippen MR) is 34.4 cm³/mol. The van der Waals surface area contributed by atoms with Crippen LogP contribution in [-0.2, 0) is 24.5 Å². The van der Waals surface area contributed by atoms with Gasteiger partial charge in [-0.15, -0.1) is 0 Å². The van der Waals surface area contributed by atoms with Crippen LogP contribution < -0.4 is 0 Å². The van der Waals surface area contributed by atoms with Crippen molar-refractivity contribution in [2.75, 3.05) is 6.61 Å². The molecule has 58 valence electrons. The maximum atomic E-state index is 10.5. The SMILES string of the molecule is CC1(C(=O)Cl)COS(=O)O1. The Labute approximate surface area is 65.3 Å². The maximum absolute atomic E-state index is 10.5. The zero-order chi connectivity index (χ0) is 7.78. The van der Waals surface area contributed by atoms with Gasteiger partial charge in [-0.05, 0) is 18.5 Å². The van der Waals surface area contributed by atoms with Crippen molar-refractivity contribution in [3.05, 3.63) is 0 Å². The van der Waals surface area contributed by atoms with Crippen molar-refractivity contribution in [2.24, 2.45) is 0 Å². The molecule has 0 amide bonds. The van der Waals surface area contributed by atoms with E-state index >= 15 is 0 Å². The minimum atomic E-state index is -1.82. The Kier molecular flexibility index (Phi) is 2.10. The average molecular weight is 185 g/mol. The summed E-state index contributed by atoms with van der Waals surface area (Å²) in [6, 6.07) is 0. The molecule has 0 aliphatic carbocycles. The fourth-order valence-corrected chi connectivity index (χ4v) is 1.38. The van der Waals surface area contributed by atoms with Gasteiger partial charge in [0.15, 0.2) is 5.60 Å². The van der Waals surface area contributed by atoms with Crippen LogP contribution in [0.2, 0.25) is 0 Å². The van der Waals surface area contributed by atoms with Gasteiger partial charge in [0.2, 0.25) is 0 Å².